The maximum absolute atomic E-state index is 4.78. The van der Waals surface area contributed by atoms with Gasteiger partial charge in [-0.05, 0) is 30.3 Å². The molecule has 0 radical (unpaired) electrons. The lowest BCUT2D eigenvalue weighted by molar-refractivity contribution is 0.610. The second-order valence-electron chi connectivity index (χ2n) is 5.94. The van der Waals surface area contributed by atoms with Crippen molar-refractivity contribution >= 4 is 11.3 Å². The molecule has 1 N–H and O–H groups in total. The lowest BCUT2D eigenvalue weighted by Crippen LogP contribution is -2.37. The van der Waals surface area contributed by atoms with Crippen LogP contribution in [-0.4, -0.2) is 31.1 Å². The molecule has 1 aliphatic rings. The van der Waals surface area contributed by atoms with Gasteiger partial charge in [-0.25, -0.2) is 14.5 Å². The fourth-order valence-electron chi connectivity index (χ4n) is 3.44. The van der Waals surface area contributed by atoms with E-state index in [0.717, 1.165) is 35.7 Å². The Bertz CT molecular complexity index is 954. The largest absolute Gasteiger partial charge is 0.348 e. The first-order chi connectivity index (χ1) is 11.9. The Kier molecular flexibility index (Phi) is 2.88. The molecule has 5 rings (SSSR count). The number of imidazole rings is 1. The first-order valence-corrected chi connectivity index (χ1v) is 8.04. The summed E-state index contributed by atoms with van der Waals surface area (Å²) in [5, 5.41) is 4.78. The Morgan fingerprint density at radius 3 is 2.92 bits per heavy atom. The summed E-state index contributed by atoms with van der Waals surface area (Å²) in [7, 11) is 0. The van der Waals surface area contributed by atoms with Crippen molar-refractivity contribution in [3.8, 4) is 0 Å². The van der Waals surface area contributed by atoms with Crippen molar-refractivity contribution in [3.05, 3.63) is 78.3 Å². The standard InChI is InChI=1S/C18H16N6/c1-3-8-19-16(6-1)23-10-7-14-17(21-12-20-14)18(23)15-11-13-5-2-4-9-24(13)22-15/h1-6,8-9,11-12,18H,7,10H2,(H,20,21). The van der Waals surface area contributed by atoms with Crippen LogP contribution in [0.1, 0.15) is 23.1 Å². The number of hydrogen-bond acceptors (Lipinski definition) is 4. The van der Waals surface area contributed by atoms with E-state index < -0.39 is 0 Å². The molecule has 0 aromatic carbocycles. The summed E-state index contributed by atoms with van der Waals surface area (Å²) in [5.41, 5.74) is 4.29. The minimum Gasteiger partial charge on any atom is -0.348 e. The number of H-pyrrole nitrogens is 1. The molecule has 5 heterocycles. The summed E-state index contributed by atoms with van der Waals surface area (Å²) in [6.45, 7) is 0.880. The molecule has 0 spiro atoms. The predicted octanol–water partition coefficient (Wildman–Crippen LogP) is 2.60. The van der Waals surface area contributed by atoms with Gasteiger partial charge in [-0.3, -0.25) is 0 Å². The molecule has 0 fully saturated rings. The van der Waals surface area contributed by atoms with Crippen LogP contribution in [-0.2, 0) is 6.42 Å². The monoisotopic (exact) mass is 316 g/mol. The summed E-state index contributed by atoms with van der Waals surface area (Å²) in [6.07, 6.45) is 6.50. The number of fused-ring (bicyclic) bond motifs is 2. The van der Waals surface area contributed by atoms with Gasteiger partial charge in [0, 0.05) is 31.1 Å². The van der Waals surface area contributed by atoms with Gasteiger partial charge in [0.2, 0.25) is 0 Å². The third kappa shape index (κ3) is 2.00. The van der Waals surface area contributed by atoms with Crippen LogP contribution < -0.4 is 4.90 Å². The van der Waals surface area contributed by atoms with Gasteiger partial charge in [0.1, 0.15) is 11.9 Å². The molecule has 118 valence electrons. The maximum Gasteiger partial charge on any atom is 0.129 e. The van der Waals surface area contributed by atoms with Crippen molar-refractivity contribution in [1.29, 1.82) is 0 Å². The molecule has 6 nitrogen and oxygen atoms in total. The number of pyridine rings is 2. The van der Waals surface area contributed by atoms with Gasteiger partial charge >= 0.3 is 0 Å². The molecule has 0 saturated carbocycles. The molecule has 24 heavy (non-hydrogen) atoms. The zero-order valence-electron chi connectivity index (χ0n) is 13.0. The summed E-state index contributed by atoms with van der Waals surface area (Å²) in [5.74, 6) is 0.952. The molecule has 1 atom stereocenters. The molecular weight excluding hydrogens is 300 g/mol. The van der Waals surface area contributed by atoms with Crippen molar-refractivity contribution in [3.63, 3.8) is 0 Å². The molecule has 0 bridgehead atoms. The summed E-state index contributed by atoms with van der Waals surface area (Å²) in [6, 6.07) is 14.2. The lowest BCUT2D eigenvalue weighted by atomic mass is 9.99. The highest BCUT2D eigenvalue weighted by Gasteiger charge is 2.33. The Labute approximate surface area is 138 Å². The number of nitrogens with zero attached hydrogens (tertiary/aromatic N) is 5. The average Bonchev–Trinajstić information content (AvgIpc) is 3.28. The summed E-state index contributed by atoms with van der Waals surface area (Å²) >= 11 is 0. The number of rotatable bonds is 2. The number of nitrogens with one attached hydrogen (secondary N) is 1. The highest BCUT2D eigenvalue weighted by molar-refractivity contribution is 5.53. The van der Waals surface area contributed by atoms with Crippen molar-refractivity contribution < 1.29 is 0 Å². The summed E-state index contributed by atoms with van der Waals surface area (Å²) < 4.78 is 1.91. The third-order valence-electron chi connectivity index (χ3n) is 4.54. The van der Waals surface area contributed by atoms with Crippen LogP contribution in [0.3, 0.4) is 0 Å². The minimum absolute atomic E-state index is 0.0326. The van der Waals surface area contributed by atoms with Gasteiger partial charge in [0.25, 0.3) is 0 Å². The minimum atomic E-state index is -0.0326. The highest BCUT2D eigenvalue weighted by Crippen LogP contribution is 2.35. The summed E-state index contributed by atoms with van der Waals surface area (Å²) in [4.78, 5) is 14.7. The molecule has 0 saturated heterocycles. The van der Waals surface area contributed by atoms with Gasteiger partial charge in [0.15, 0.2) is 0 Å². The normalized spacial score (nSPS) is 17.2. The average molecular weight is 316 g/mol. The molecular formula is C18H16N6. The Balaban J connectivity index is 1.68. The lowest BCUT2D eigenvalue weighted by Gasteiger charge is -2.34. The molecule has 0 aliphatic carbocycles. The van der Waals surface area contributed by atoms with Crippen LogP contribution in [0.4, 0.5) is 5.82 Å². The zero-order chi connectivity index (χ0) is 15.9. The van der Waals surface area contributed by atoms with Crippen molar-refractivity contribution in [2.24, 2.45) is 0 Å². The second-order valence-corrected chi connectivity index (χ2v) is 5.94. The van der Waals surface area contributed by atoms with E-state index >= 15 is 0 Å². The molecule has 1 aliphatic heterocycles. The highest BCUT2D eigenvalue weighted by atomic mass is 15.3. The van der Waals surface area contributed by atoms with E-state index in [2.05, 4.69) is 32.0 Å². The molecule has 6 heteroatoms. The zero-order valence-corrected chi connectivity index (χ0v) is 13.0. The first kappa shape index (κ1) is 13.3. The van der Waals surface area contributed by atoms with E-state index in [4.69, 9.17) is 5.10 Å². The van der Waals surface area contributed by atoms with Gasteiger partial charge in [-0.1, -0.05) is 12.1 Å². The number of aromatic nitrogens is 5. The van der Waals surface area contributed by atoms with Crippen LogP contribution in [0.5, 0.6) is 0 Å². The Hall–Kier alpha value is -3.15. The van der Waals surface area contributed by atoms with E-state index in [0.29, 0.717) is 0 Å². The van der Waals surface area contributed by atoms with Gasteiger partial charge in [0.05, 0.1) is 23.2 Å². The number of aromatic amines is 1. The van der Waals surface area contributed by atoms with E-state index in [9.17, 15) is 0 Å². The molecule has 0 amide bonds. The molecule has 4 aromatic heterocycles. The quantitative estimate of drug-likeness (QED) is 0.617. The van der Waals surface area contributed by atoms with Gasteiger partial charge in [-0.2, -0.15) is 5.10 Å². The Morgan fingerprint density at radius 2 is 2.04 bits per heavy atom. The van der Waals surface area contributed by atoms with E-state index in [-0.39, 0.29) is 6.04 Å². The van der Waals surface area contributed by atoms with Crippen molar-refractivity contribution in [2.45, 2.75) is 12.5 Å². The van der Waals surface area contributed by atoms with E-state index in [1.807, 2.05) is 47.2 Å². The fraction of sp³-hybridized carbons (Fsp3) is 0.167. The number of anilines is 1. The second kappa shape index (κ2) is 5.19. The molecule has 1 unspecified atom stereocenters. The van der Waals surface area contributed by atoms with Crippen LogP contribution in [0, 0.1) is 0 Å². The third-order valence-corrected chi connectivity index (χ3v) is 4.54. The van der Waals surface area contributed by atoms with Crippen molar-refractivity contribution in [1.82, 2.24) is 24.6 Å². The Morgan fingerprint density at radius 1 is 1.08 bits per heavy atom. The van der Waals surface area contributed by atoms with Crippen molar-refractivity contribution in [2.75, 3.05) is 11.4 Å². The van der Waals surface area contributed by atoms with Crippen LogP contribution >= 0.6 is 0 Å². The predicted molar refractivity (Wildman–Crippen MR) is 90.9 cm³/mol. The fourth-order valence-corrected chi connectivity index (χ4v) is 3.44. The van der Waals surface area contributed by atoms with Crippen LogP contribution in [0.25, 0.3) is 5.52 Å². The smallest absolute Gasteiger partial charge is 0.129 e. The van der Waals surface area contributed by atoms with Gasteiger partial charge < -0.3 is 9.88 Å². The first-order valence-electron chi connectivity index (χ1n) is 8.04. The van der Waals surface area contributed by atoms with Crippen LogP contribution in [0.15, 0.2) is 61.2 Å². The number of hydrogen-bond donors (Lipinski definition) is 1. The van der Waals surface area contributed by atoms with Crippen LogP contribution in [0.2, 0.25) is 0 Å². The maximum atomic E-state index is 4.78. The SMILES string of the molecule is c1ccc(N2CCc3[nH]cnc3C2c2cc3ccccn3n2)nc1. The topological polar surface area (TPSA) is 62.1 Å². The molecule has 4 aromatic rings. The van der Waals surface area contributed by atoms with E-state index in [1.54, 1.807) is 6.33 Å². The van der Waals surface area contributed by atoms with E-state index in [1.165, 1.54) is 5.69 Å². The van der Waals surface area contributed by atoms with Gasteiger partial charge in [-0.15, -0.1) is 0 Å².